The number of aromatic nitrogens is 3. The monoisotopic (exact) mass is 306 g/mol. The average Bonchev–Trinajstić information content (AvgIpc) is 2.44. The van der Waals surface area contributed by atoms with Gasteiger partial charge in [0.05, 0.1) is 4.92 Å². The summed E-state index contributed by atoms with van der Waals surface area (Å²) in [6.45, 7) is -0.723. The van der Waals surface area contributed by atoms with Gasteiger partial charge in [0.2, 0.25) is 0 Å². The van der Waals surface area contributed by atoms with Gasteiger partial charge < -0.3 is 5.11 Å². The van der Waals surface area contributed by atoms with Gasteiger partial charge in [-0.3, -0.25) is 24.7 Å². The maximum absolute atomic E-state index is 11.7. The molecule has 1 aromatic carbocycles. The number of benzene rings is 1. The molecule has 2 N–H and O–H groups in total. The normalized spacial score (nSPS) is 10.4. The summed E-state index contributed by atoms with van der Waals surface area (Å²) in [5.74, 6) is -1.31. The fraction of sp³-hybridized carbons (Fsp3) is 0.167. The predicted octanol–water partition coefficient (Wildman–Crippen LogP) is -0.485. The first-order valence-electron chi connectivity index (χ1n) is 6.03. The van der Waals surface area contributed by atoms with E-state index < -0.39 is 28.7 Å². The minimum atomic E-state index is -1.31. The van der Waals surface area contributed by atoms with Gasteiger partial charge in [-0.25, -0.2) is 9.48 Å². The number of carbonyl (C=O) groups is 1. The molecular formula is C12H10N4O6. The molecule has 10 heteroatoms. The van der Waals surface area contributed by atoms with Gasteiger partial charge in [-0.2, -0.15) is 5.10 Å². The zero-order valence-corrected chi connectivity index (χ0v) is 11.1. The predicted molar refractivity (Wildman–Crippen MR) is 72.7 cm³/mol. The van der Waals surface area contributed by atoms with Crippen molar-refractivity contribution in [2.75, 3.05) is 0 Å². The molecule has 1 heterocycles. The number of aromatic amines is 1. The van der Waals surface area contributed by atoms with E-state index in [0.717, 1.165) is 0 Å². The summed E-state index contributed by atoms with van der Waals surface area (Å²) >= 11 is 0. The molecule has 114 valence electrons. The van der Waals surface area contributed by atoms with Crippen molar-refractivity contribution in [3.63, 3.8) is 0 Å². The lowest BCUT2D eigenvalue weighted by molar-refractivity contribution is -0.385. The zero-order valence-electron chi connectivity index (χ0n) is 11.1. The van der Waals surface area contributed by atoms with Crippen molar-refractivity contribution in [1.29, 1.82) is 0 Å². The van der Waals surface area contributed by atoms with Crippen molar-refractivity contribution in [2.24, 2.45) is 0 Å². The van der Waals surface area contributed by atoms with Gasteiger partial charge in [0.25, 0.3) is 11.2 Å². The van der Waals surface area contributed by atoms with Crippen LogP contribution in [0, 0.1) is 10.1 Å². The SMILES string of the molecule is O=C(O)Cn1nc(Cc2ccccc2[N+](=O)[O-])c(=O)[nH]c1=O. The highest BCUT2D eigenvalue weighted by atomic mass is 16.6. The molecule has 0 saturated heterocycles. The smallest absolute Gasteiger partial charge is 0.345 e. The molecular weight excluding hydrogens is 296 g/mol. The maximum Gasteiger partial charge on any atom is 0.345 e. The Labute approximate surface area is 121 Å². The second-order valence-corrected chi connectivity index (χ2v) is 4.32. The number of carboxylic acid groups (broad SMARTS) is 1. The highest BCUT2D eigenvalue weighted by Crippen LogP contribution is 2.19. The standard InChI is InChI=1S/C12H10N4O6/c17-10(18)6-15-12(20)13-11(19)8(14-15)5-7-3-1-2-4-9(7)16(21)22/h1-4H,5-6H2,(H,17,18)(H,13,19,20). The molecule has 1 aromatic heterocycles. The van der Waals surface area contributed by atoms with Gasteiger partial charge in [0.15, 0.2) is 0 Å². The molecule has 0 spiro atoms. The van der Waals surface area contributed by atoms with E-state index in [2.05, 4.69) is 5.10 Å². The number of nitro groups is 1. The van der Waals surface area contributed by atoms with Crippen molar-refractivity contribution >= 4 is 11.7 Å². The third-order valence-corrected chi connectivity index (χ3v) is 2.79. The summed E-state index contributed by atoms with van der Waals surface area (Å²) in [6.07, 6.45) is -0.202. The number of nitrogens with one attached hydrogen (secondary N) is 1. The van der Waals surface area contributed by atoms with Gasteiger partial charge in [-0.1, -0.05) is 18.2 Å². The zero-order chi connectivity index (χ0) is 16.3. The minimum absolute atomic E-state index is 0.185. The van der Waals surface area contributed by atoms with Gasteiger partial charge >= 0.3 is 11.7 Å². The molecule has 0 amide bonds. The van der Waals surface area contributed by atoms with E-state index in [4.69, 9.17) is 5.11 Å². The van der Waals surface area contributed by atoms with Crippen LogP contribution in [0.2, 0.25) is 0 Å². The molecule has 2 rings (SSSR count). The molecule has 0 atom stereocenters. The van der Waals surface area contributed by atoms with Crippen molar-refractivity contribution in [1.82, 2.24) is 14.8 Å². The number of hydrogen-bond donors (Lipinski definition) is 2. The Balaban J connectivity index is 2.46. The second kappa shape index (κ2) is 5.99. The summed E-state index contributed by atoms with van der Waals surface area (Å²) < 4.78 is 0.577. The Morgan fingerprint density at radius 2 is 2.05 bits per heavy atom. The van der Waals surface area contributed by atoms with Crippen LogP contribution in [-0.4, -0.2) is 30.8 Å². The number of hydrogen-bond acceptors (Lipinski definition) is 6. The van der Waals surface area contributed by atoms with Gasteiger partial charge in [-0.15, -0.1) is 0 Å². The van der Waals surface area contributed by atoms with E-state index in [9.17, 15) is 24.5 Å². The van der Waals surface area contributed by atoms with Crippen LogP contribution in [0.1, 0.15) is 11.3 Å². The molecule has 2 aromatic rings. The Morgan fingerprint density at radius 3 is 2.68 bits per heavy atom. The van der Waals surface area contributed by atoms with Crippen molar-refractivity contribution < 1.29 is 14.8 Å². The Morgan fingerprint density at radius 1 is 1.36 bits per heavy atom. The first-order valence-corrected chi connectivity index (χ1v) is 6.03. The number of rotatable bonds is 5. The topological polar surface area (TPSA) is 148 Å². The largest absolute Gasteiger partial charge is 0.480 e. The van der Waals surface area contributed by atoms with Crippen LogP contribution in [0.25, 0.3) is 0 Å². The van der Waals surface area contributed by atoms with Crippen LogP contribution in [-0.2, 0) is 17.8 Å². The van der Waals surface area contributed by atoms with E-state index in [-0.39, 0.29) is 23.4 Å². The molecule has 0 aliphatic carbocycles. The summed E-state index contributed by atoms with van der Waals surface area (Å²) in [4.78, 5) is 46.0. The highest BCUT2D eigenvalue weighted by molar-refractivity contribution is 5.66. The molecule has 0 aliphatic rings. The number of nitrogens with zero attached hydrogens (tertiary/aromatic N) is 3. The summed E-state index contributed by atoms with van der Waals surface area (Å²) in [5, 5.41) is 23.3. The third-order valence-electron chi connectivity index (χ3n) is 2.79. The number of H-pyrrole nitrogens is 1. The molecule has 0 fully saturated rings. The molecule has 22 heavy (non-hydrogen) atoms. The van der Waals surface area contributed by atoms with E-state index in [1.807, 2.05) is 4.98 Å². The third kappa shape index (κ3) is 3.23. The van der Waals surface area contributed by atoms with Crippen LogP contribution >= 0.6 is 0 Å². The fourth-order valence-corrected chi connectivity index (χ4v) is 1.84. The lowest BCUT2D eigenvalue weighted by atomic mass is 10.1. The minimum Gasteiger partial charge on any atom is -0.480 e. The van der Waals surface area contributed by atoms with Crippen LogP contribution in [0.3, 0.4) is 0 Å². The lowest BCUT2D eigenvalue weighted by Gasteiger charge is -2.04. The first kappa shape index (κ1) is 15.1. The van der Waals surface area contributed by atoms with Crippen LogP contribution in [0.4, 0.5) is 5.69 Å². The van der Waals surface area contributed by atoms with E-state index in [1.165, 1.54) is 18.2 Å². The number of carboxylic acids is 1. The van der Waals surface area contributed by atoms with Crippen molar-refractivity contribution in [2.45, 2.75) is 13.0 Å². The van der Waals surface area contributed by atoms with Crippen LogP contribution in [0.15, 0.2) is 33.9 Å². The van der Waals surface area contributed by atoms with Crippen molar-refractivity contribution in [3.05, 3.63) is 66.5 Å². The quantitative estimate of drug-likeness (QED) is 0.559. The molecule has 0 saturated carbocycles. The van der Waals surface area contributed by atoms with Gasteiger partial charge in [0, 0.05) is 18.1 Å². The average molecular weight is 306 g/mol. The second-order valence-electron chi connectivity index (χ2n) is 4.32. The Bertz CT molecular complexity index is 853. The number of aliphatic carboxylic acids is 1. The van der Waals surface area contributed by atoms with Crippen LogP contribution in [0.5, 0.6) is 0 Å². The highest BCUT2D eigenvalue weighted by Gasteiger charge is 2.16. The van der Waals surface area contributed by atoms with E-state index >= 15 is 0 Å². The molecule has 10 nitrogen and oxygen atoms in total. The molecule has 0 bridgehead atoms. The van der Waals surface area contributed by atoms with Gasteiger partial charge in [-0.05, 0) is 0 Å². The van der Waals surface area contributed by atoms with Crippen LogP contribution < -0.4 is 11.2 Å². The Hall–Kier alpha value is -3.30. The number of para-hydroxylation sites is 1. The molecule has 0 aliphatic heterocycles. The lowest BCUT2D eigenvalue weighted by Crippen LogP contribution is -2.36. The Kier molecular flexibility index (Phi) is 4.11. The van der Waals surface area contributed by atoms with E-state index in [1.54, 1.807) is 6.07 Å². The summed E-state index contributed by atoms with van der Waals surface area (Å²) in [5.41, 5.74) is -1.93. The number of nitro benzene ring substituents is 1. The maximum atomic E-state index is 11.7. The molecule has 0 radical (unpaired) electrons. The van der Waals surface area contributed by atoms with Crippen molar-refractivity contribution in [3.8, 4) is 0 Å². The molecule has 0 unspecified atom stereocenters. The van der Waals surface area contributed by atoms with E-state index in [0.29, 0.717) is 4.68 Å². The summed E-state index contributed by atoms with van der Waals surface area (Å²) in [7, 11) is 0. The fourth-order valence-electron chi connectivity index (χ4n) is 1.84. The van der Waals surface area contributed by atoms with Gasteiger partial charge in [0.1, 0.15) is 12.2 Å². The first-order chi connectivity index (χ1) is 10.4. The summed E-state index contributed by atoms with van der Waals surface area (Å²) in [6, 6.07) is 5.76.